The molecule has 4 nitrogen and oxygen atoms in total. The summed E-state index contributed by atoms with van der Waals surface area (Å²) in [6.45, 7) is 1.08. The fraction of sp³-hybridized carbons (Fsp3) is 0.350. The Balaban J connectivity index is 1.62. The normalized spacial score (nSPS) is 18.0. The van der Waals surface area contributed by atoms with Crippen molar-refractivity contribution in [2.45, 2.75) is 31.1 Å². The van der Waals surface area contributed by atoms with Crippen LogP contribution in [-0.2, 0) is 10.2 Å². The van der Waals surface area contributed by atoms with Gasteiger partial charge in [-0.15, -0.1) is 0 Å². The number of amides is 1. The Kier molecular flexibility index (Phi) is 4.30. The predicted molar refractivity (Wildman–Crippen MR) is 97.7 cm³/mol. The average molecular weight is 358 g/mol. The van der Waals surface area contributed by atoms with Crippen LogP contribution in [0.25, 0.3) is 0 Å². The Labute approximate surface area is 152 Å². The summed E-state index contributed by atoms with van der Waals surface area (Å²) in [7, 11) is 0. The average Bonchev–Trinajstić information content (AvgIpc) is 3.13. The molecule has 1 amide bonds. The summed E-state index contributed by atoms with van der Waals surface area (Å²) in [5.74, 6) is 1.41. The number of carbonyl (C=O) groups excluding carboxylic acids is 1. The van der Waals surface area contributed by atoms with E-state index in [0.717, 1.165) is 42.7 Å². The summed E-state index contributed by atoms with van der Waals surface area (Å²) in [5.41, 5.74) is 1.20. The zero-order valence-electron chi connectivity index (χ0n) is 13.9. The van der Waals surface area contributed by atoms with Crippen molar-refractivity contribution in [1.82, 2.24) is 0 Å². The molecular formula is C20H20ClNO3. The molecule has 1 aliphatic carbocycles. The van der Waals surface area contributed by atoms with E-state index in [-0.39, 0.29) is 5.91 Å². The van der Waals surface area contributed by atoms with Crippen molar-refractivity contribution in [3.05, 3.63) is 53.1 Å². The van der Waals surface area contributed by atoms with Crippen LogP contribution in [0, 0.1) is 0 Å². The first-order valence-electron chi connectivity index (χ1n) is 8.65. The molecule has 1 heterocycles. The molecule has 1 fully saturated rings. The molecule has 2 aromatic rings. The largest absolute Gasteiger partial charge is 0.486 e. The van der Waals surface area contributed by atoms with E-state index in [0.29, 0.717) is 24.0 Å². The van der Waals surface area contributed by atoms with E-state index in [1.165, 1.54) is 0 Å². The van der Waals surface area contributed by atoms with Crippen molar-refractivity contribution >= 4 is 23.2 Å². The molecule has 0 spiro atoms. The van der Waals surface area contributed by atoms with Crippen LogP contribution < -0.4 is 14.8 Å². The van der Waals surface area contributed by atoms with Crippen LogP contribution in [0.1, 0.15) is 31.2 Å². The Hall–Kier alpha value is -2.20. The number of carbonyl (C=O) groups is 1. The van der Waals surface area contributed by atoms with Crippen molar-refractivity contribution < 1.29 is 14.3 Å². The van der Waals surface area contributed by atoms with Crippen LogP contribution in [0.4, 0.5) is 5.69 Å². The smallest absolute Gasteiger partial charge is 0.235 e. The fourth-order valence-corrected chi connectivity index (χ4v) is 3.97. The van der Waals surface area contributed by atoms with Crippen molar-refractivity contribution in [3.8, 4) is 11.5 Å². The van der Waals surface area contributed by atoms with Gasteiger partial charge in [0.1, 0.15) is 13.2 Å². The molecule has 1 aliphatic heterocycles. The van der Waals surface area contributed by atoms with Crippen LogP contribution in [0.2, 0.25) is 5.02 Å². The molecule has 130 valence electrons. The van der Waals surface area contributed by atoms with E-state index >= 15 is 0 Å². The second kappa shape index (κ2) is 6.60. The van der Waals surface area contributed by atoms with E-state index in [1.807, 2.05) is 42.5 Å². The maximum absolute atomic E-state index is 13.2. The summed E-state index contributed by atoms with van der Waals surface area (Å²) < 4.78 is 11.1. The van der Waals surface area contributed by atoms with E-state index in [1.54, 1.807) is 0 Å². The maximum Gasteiger partial charge on any atom is 0.235 e. The van der Waals surface area contributed by atoms with Crippen molar-refractivity contribution in [2.75, 3.05) is 18.5 Å². The predicted octanol–water partition coefficient (Wildman–Crippen LogP) is 4.56. The molecule has 0 bridgehead atoms. The minimum Gasteiger partial charge on any atom is -0.486 e. The van der Waals surface area contributed by atoms with Crippen LogP contribution in [0.15, 0.2) is 42.5 Å². The highest BCUT2D eigenvalue weighted by atomic mass is 35.5. The molecule has 2 aromatic carbocycles. The molecule has 0 aromatic heterocycles. The highest BCUT2D eigenvalue weighted by Crippen LogP contribution is 2.43. The number of ether oxygens (including phenoxy) is 2. The molecule has 0 unspecified atom stereocenters. The Morgan fingerprint density at radius 3 is 2.52 bits per heavy atom. The molecule has 0 radical (unpaired) electrons. The summed E-state index contributed by atoms with van der Waals surface area (Å²) in [5, 5.41) is 3.74. The third kappa shape index (κ3) is 3.07. The molecule has 0 saturated heterocycles. The lowest BCUT2D eigenvalue weighted by molar-refractivity contribution is -0.121. The number of hydrogen-bond acceptors (Lipinski definition) is 3. The first-order valence-corrected chi connectivity index (χ1v) is 9.02. The lowest BCUT2D eigenvalue weighted by Crippen LogP contribution is -2.38. The Bertz CT molecular complexity index is 799. The second-order valence-corrected chi connectivity index (χ2v) is 7.05. The number of hydrogen-bond donors (Lipinski definition) is 1. The third-order valence-electron chi connectivity index (χ3n) is 5.07. The molecule has 1 saturated carbocycles. The van der Waals surface area contributed by atoms with Gasteiger partial charge < -0.3 is 14.8 Å². The van der Waals surface area contributed by atoms with Gasteiger partial charge >= 0.3 is 0 Å². The van der Waals surface area contributed by atoms with Crippen LogP contribution in [-0.4, -0.2) is 19.1 Å². The van der Waals surface area contributed by atoms with Gasteiger partial charge in [0.05, 0.1) is 5.41 Å². The zero-order chi connectivity index (χ0) is 17.3. The van der Waals surface area contributed by atoms with Gasteiger partial charge in [-0.25, -0.2) is 0 Å². The SMILES string of the molecule is O=C(Nc1ccc2c(c1)OCCO2)C1(c2cccc(Cl)c2)CCCC1. The Morgan fingerprint density at radius 2 is 1.76 bits per heavy atom. The first-order chi connectivity index (χ1) is 12.2. The van der Waals surface area contributed by atoms with Crippen molar-refractivity contribution in [1.29, 1.82) is 0 Å². The number of halogens is 1. The second-order valence-electron chi connectivity index (χ2n) is 6.61. The Morgan fingerprint density at radius 1 is 1.00 bits per heavy atom. The highest BCUT2D eigenvalue weighted by Gasteiger charge is 2.42. The zero-order valence-corrected chi connectivity index (χ0v) is 14.6. The van der Waals surface area contributed by atoms with Gasteiger partial charge in [-0.3, -0.25) is 4.79 Å². The molecule has 0 atom stereocenters. The topological polar surface area (TPSA) is 47.6 Å². The minimum atomic E-state index is -0.516. The number of anilines is 1. The van der Waals surface area contributed by atoms with Crippen molar-refractivity contribution in [3.63, 3.8) is 0 Å². The standard InChI is InChI=1S/C20H20ClNO3/c21-15-5-3-4-14(12-15)20(8-1-2-9-20)19(23)22-16-6-7-17-18(13-16)25-11-10-24-17/h3-7,12-13H,1-2,8-11H2,(H,22,23). The van der Waals surface area contributed by atoms with Crippen molar-refractivity contribution in [2.24, 2.45) is 0 Å². The van der Waals surface area contributed by atoms with E-state index in [4.69, 9.17) is 21.1 Å². The van der Waals surface area contributed by atoms with Gasteiger partial charge in [-0.1, -0.05) is 36.6 Å². The van der Waals surface area contributed by atoms with E-state index in [9.17, 15) is 4.79 Å². The summed E-state index contributed by atoms with van der Waals surface area (Å²) in [6, 6.07) is 13.2. The quantitative estimate of drug-likeness (QED) is 0.875. The van der Waals surface area contributed by atoms with Crippen LogP contribution in [0.3, 0.4) is 0 Å². The van der Waals surface area contributed by atoms with Crippen LogP contribution >= 0.6 is 11.6 Å². The lowest BCUT2D eigenvalue weighted by atomic mass is 9.78. The highest BCUT2D eigenvalue weighted by molar-refractivity contribution is 6.30. The molecular weight excluding hydrogens is 338 g/mol. The van der Waals surface area contributed by atoms with Gasteiger partial charge in [0.15, 0.2) is 11.5 Å². The van der Waals surface area contributed by atoms with E-state index in [2.05, 4.69) is 5.32 Å². The van der Waals surface area contributed by atoms with E-state index < -0.39 is 5.41 Å². The third-order valence-corrected chi connectivity index (χ3v) is 5.30. The summed E-state index contributed by atoms with van der Waals surface area (Å²) >= 11 is 6.17. The number of nitrogens with one attached hydrogen (secondary N) is 1. The minimum absolute atomic E-state index is 0.0175. The fourth-order valence-electron chi connectivity index (χ4n) is 3.78. The van der Waals surface area contributed by atoms with Gasteiger partial charge in [0.2, 0.25) is 5.91 Å². The maximum atomic E-state index is 13.2. The molecule has 5 heteroatoms. The molecule has 1 N–H and O–H groups in total. The summed E-state index contributed by atoms with van der Waals surface area (Å²) in [6.07, 6.45) is 3.76. The molecule has 2 aliphatic rings. The van der Waals surface area contributed by atoms with Gasteiger partial charge in [0, 0.05) is 16.8 Å². The van der Waals surface area contributed by atoms with Crippen LogP contribution in [0.5, 0.6) is 11.5 Å². The molecule has 25 heavy (non-hydrogen) atoms. The summed E-state index contributed by atoms with van der Waals surface area (Å²) in [4.78, 5) is 13.2. The first kappa shape index (κ1) is 16.3. The number of fused-ring (bicyclic) bond motifs is 1. The monoisotopic (exact) mass is 357 g/mol. The number of rotatable bonds is 3. The molecule has 4 rings (SSSR count). The van der Waals surface area contributed by atoms with Gasteiger partial charge in [-0.2, -0.15) is 0 Å². The number of benzene rings is 2. The lowest BCUT2D eigenvalue weighted by Gasteiger charge is -2.29. The van der Waals surface area contributed by atoms with Gasteiger partial charge in [0.25, 0.3) is 0 Å². The van der Waals surface area contributed by atoms with Gasteiger partial charge in [-0.05, 0) is 42.7 Å².